The molecular formula is C15H21N3O2. The highest BCUT2D eigenvalue weighted by molar-refractivity contribution is 5.43. The van der Waals surface area contributed by atoms with Crippen molar-refractivity contribution in [2.45, 2.75) is 33.0 Å². The van der Waals surface area contributed by atoms with Crippen LogP contribution in [0.4, 0.5) is 0 Å². The highest BCUT2D eigenvalue weighted by Crippen LogP contribution is 2.30. The maximum atomic E-state index is 5.87. The Bertz CT molecular complexity index is 564. The Morgan fingerprint density at radius 1 is 1.35 bits per heavy atom. The average molecular weight is 275 g/mol. The number of hydrogen-bond acceptors (Lipinski definition) is 4. The van der Waals surface area contributed by atoms with Gasteiger partial charge < -0.3 is 19.8 Å². The Morgan fingerprint density at radius 2 is 2.15 bits per heavy atom. The van der Waals surface area contributed by atoms with E-state index in [9.17, 15) is 0 Å². The van der Waals surface area contributed by atoms with Crippen LogP contribution in [0.5, 0.6) is 11.5 Å². The molecule has 0 saturated heterocycles. The zero-order valence-electron chi connectivity index (χ0n) is 12.2. The van der Waals surface area contributed by atoms with Crippen molar-refractivity contribution in [3.63, 3.8) is 0 Å². The number of imidazole rings is 1. The Kier molecular flexibility index (Phi) is 4.63. The molecule has 1 heterocycles. The molecule has 1 atom stereocenters. The van der Waals surface area contributed by atoms with E-state index < -0.39 is 0 Å². The molecule has 0 aliphatic carbocycles. The lowest BCUT2D eigenvalue weighted by atomic mass is 10.1. The van der Waals surface area contributed by atoms with E-state index in [-0.39, 0.29) is 6.04 Å². The Morgan fingerprint density at radius 3 is 2.80 bits per heavy atom. The van der Waals surface area contributed by atoms with Crippen LogP contribution in [0, 0.1) is 0 Å². The second-order valence-corrected chi connectivity index (χ2v) is 4.66. The van der Waals surface area contributed by atoms with Crippen molar-refractivity contribution < 1.29 is 9.47 Å². The number of aryl methyl sites for hydroxylation is 1. The van der Waals surface area contributed by atoms with E-state index in [4.69, 9.17) is 15.2 Å². The number of rotatable bonds is 6. The SMILES string of the molecule is CCn1cncc1COc1ccc([C@@H](C)N)cc1OC. The second kappa shape index (κ2) is 6.43. The van der Waals surface area contributed by atoms with E-state index in [1.165, 1.54) is 0 Å². The predicted octanol–water partition coefficient (Wildman–Crippen LogP) is 2.51. The van der Waals surface area contributed by atoms with E-state index in [2.05, 4.69) is 11.9 Å². The summed E-state index contributed by atoms with van der Waals surface area (Å²) >= 11 is 0. The fourth-order valence-corrected chi connectivity index (χ4v) is 1.99. The first-order valence-corrected chi connectivity index (χ1v) is 6.71. The zero-order chi connectivity index (χ0) is 14.5. The molecule has 0 amide bonds. The molecule has 1 aromatic carbocycles. The summed E-state index contributed by atoms with van der Waals surface area (Å²) in [7, 11) is 1.63. The molecule has 1 aromatic heterocycles. The summed E-state index contributed by atoms with van der Waals surface area (Å²) in [4.78, 5) is 4.12. The summed E-state index contributed by atoms with van der Waals surface area (Å²) in [6, 6.07) is 5.74. The number of hydrogen-bond donors (Lipinski definition) is 1. The summed E-state index contributed by atoms with van der Waals surface area (Å²) in [6.45, 7) is 5.35. The molecule has 20 heavy (non-hydrogen) atoms. The van der Waals surface area contributed by atoms with E-state index in [0.29, 0.717) is 18.1 Å². The van der Waals surface area contributed by atoms with Crippen LogP contribution in [0.15, 0.2) is 30.7 Å². The van der Waals surface area contributed by atoms with Crippen LogP contribution in [0.3, 0.4) is 0 Å². The van der Waals surface area contributed by atoms with Crippen molar-refractivity contribution in [1.29, 1.82) is 0 Å². The standard InChI is InChI=1S/C15H21N3O2/c1-4-18-10-17-8-13(18)9-20-14-6-5-12(11(2)16)7-15(14)19-3/h5-8,10-11H,4,9,16H2,1-3H3/t11-/m1/s1. The van der Waals surface area contributed by atoms with E-state index in [1.54, 1.807) is 13.4 Å². The van der Waals surface area contributed by atoms with E-state index >= 15 is 0 Å². The summed E-state index contributed by atoms with van der Waals surface area (Å²) in [5, 5.41) is 0. The minimum Gasteiger partial charge on any atom is -0.493 e. The van der Waals surface area contributed by atoms with Gasteiger partial charge in [-0.3, -0.25) is 0 Å². The van der Waals surface area contributed by atoms with E-state index in [1.807, 2.05) is 35.9 Å². The van der Waals surface area contributed by atoms with Crippen molar-refractivity contribution in [2.75, 3.05) is 7.11 Å². The number of nitrogens with two attached hydrogens (primary N) is 1. The molecular weight excluding hydrogens is 254 g/mol. The highest BCUT2D eigenvalue weighted by Gasteiger charge is 2.09. The molecule has 108 valence electrons. The summed E-state index contributed by atoms with van der Waals surface area (Å²) < 4.78 is 13.2. The third-order valence-corrected chi connectivity index (χ3v) is 3.23. The first-order chi connectivity index (χ1) is 9.65. The van der Waals surface area contributed by atoms with Crippen LogP contribution in [-0.4, -0.2) is 16.7 Å². The highest BCUT2D eigenvalue weighted by atomic mass is 16.5. The van der Waals surface area contributed by atoms with Crippen LogP contribution in [0.1, 0.15) is 31.1 Å². The fraction of sp³-hybridized carbons (Fsp3) is 0.400. The smallest absolute Gasteiger partial charge is 0.161 e. The third-order valence-electron chi connectivity index (χ3n) is 3.23. The predicted molar refractivity (Wildman–Crippen MR) is 77.8 cm³/mol. The quantitative estimate of drug-likeness (QED) is 0.880. The minimum atomic E-state index is -0.0283. The largest absolute Gasteiger partial charge is 0.493 e. The van der Waals surface area contributed by atoms with Gasteiger partial charge in [-0.25, -0.2) is 4.98 Å². The van der Waals surface area contributed by atoms with Gasteiger partial charge in [-0.05, 0) is 31.5 Å². The molecule has 2 rings (SSSR count). The van der Waals surface area contributed by atoms with Crippen molar-refractivity contribution in [2.24, 2.45) is 5.73 Å². The third kappa shape index (κ3) is 3.11. The maximum absolute atomic E-state index is 5.87. The van der Waals surface area contributed by atoms with Crippen molar-refractivity contribution >= 4 is 0 Å². The summed E-state index contributed by atoms with van der Waals surface area (Å²) in [6.07, 6.45) is 3.61. The molecule has 0 fully saturated rings. The number of methoxy groups -OCH3 is 1. The van der Waals surface area contributed by atoms with Crippen LogP contribution in [0.25, 0.3) is 0 Å². The summed E-state index contributed by atoms with van der Waals surface area (Å²) in [5.74, 6) is 1.41. The molecule has 2 aromatic rings. The van der Waals surface area contributed by atoms with Gasteiger partial charge in [0, 0.05) is 12.6 Å². The minimum absolute atomic E-state index is 0.0283. The molecule has 0 aliphatic rings. The van der Waals surface area contributed by atoms with Gasteiger partial charge in [0.15, 0.2) is 11.5 Å². The maximum Gasteiger partial charge on any atom is 0.161 e. The van der Waals surface area contributed by atoms with Crippen LogP contribution in [-0.2, 0) is 13.2 Å². The molecule has 0 radical (unpaired) electrons. The fourth-order valence-electron chi connectivity index (χ4n) is 1.99. The molecule has 0 aliphatic heterocycles. The van der Waals surface area contributed by atoms with Gasteiger partial charge in [-0.1, -0.05) is 6.07 Å². The Balaban J connectivity index is 2.13. The first-order valence-electron chi connectivity index (χ1n) is 6.71. The molecule has 0 bridgehead atoms. The number of nitrogens with zero attached hydrogens (tertiary/aromatic N) is 2. The van der Waals surface area contributed by atoms with Gasteiger partial charge in [-0.2, -0.15) is 0 Å². The molecule has 0 spiro atoms. The monoisotopic (exact) mass is 275 g/mol. The molecule has 5 nitrogen and oxygen atoms in total. The lowest BCUT2D eigenvalue weighted by molar-refractivity contribution is 0.276. The van der Waals surface area contributed by atoms with Crippen molar-refractivity contribution in [1.82, 2.24) is 9.55 Å². The first kappa shape index (κ1) is 14.4. The molecule has 2 N–H and O–H groups in total. The molecule has 0 unspecified atom stereocenters. The van der Waals surface area contributed by atoms with Gasteiger partial charge in [0.05, 0.1) is 25.3 Å². The van der Waals surface area contributed by atoms with Crippen molar-refractivity contribution in [3.05, 3.63) is 42.0 Å². The number of ether oxygens (including phenoxy) is 2. The summed E-state index contributed by atoms with van der Waals surface area (Å²) in [5.41, 5.74) is 7.92. The number of benzene rings is 1. The lowest BCUT2D eigenvalue weighted by Gasteiger charge is -2.14. The van der Waals surface area contributed by atoms with Gasteiger partial charge in [0.1, 0.15) is 6.61 Å². The Hall–Kier alpha value is -2.01. The lowest BCUT2D eigenvalue weighted by Crippen LogP contribution is -2.07. The van der Waals surface area contributed by atoms with Gasteiger partial charge in [0.2, 0.25) is 0 Å². The zero-order valence-corrected chi connectivity index (χ0v) is 12.2. The Labute approximate surface area is 119 Å². The van der Waals surface area contributed by atoms with Crippen molar-refractivity contribution in [3.8, 4) is 11.5 Å². The normalized spacial score (nSPS) is 12.2. The topological polar surface area (TPSA) is 62.3 Å². The second-order valence-electron chi connectivity index (χ2n) is 4.66. The van der Waals surface area contributed by atoms with Crippen LogP contribution in [0.2, 0.25) is 0 Å². The van der Waals surface area contributed by atoms with Crippen LogP contribution >= 0.6 is 0 Å². The molecule has 5 heteroatoms. The van der Waals surface area contributed by atoms with Gasteiger partial charge >= 0.3 is 0 Å². The molecule has 0 saturated carbocycles. The number of aromatic nitrogens is 2. The van der Waals surface area contributed by atoms with Gasteiger partial charge in [-0.15, -0.1) is 0 Å². The van der Waals surface area contributed by atoms with Crippen LogP contribution < -0.4 is 15.2 Å². The van der Waals surface area contributed by atoms with E-state index in [0.717, 1.165) is 17.8 Å². The average Bonchev–Trinajstić information content (AvgIpc) is 2.92. The van der Waals surface area contributed by atoms with Gasteiger partial charge in [0.25, 0.3) is 0 Å².